The molecule has 5 rings (SSSR count). The predicted molar refractivity (Wildman–Crippen MR) is 112 cm³/mol. The van der Waals surface area contributed by atoms with Gasteiger partial charge in [-0.2, -0.15) is 0 Å². The highest BCUT2D eigenvalue weighted by Gasteiger charge is 2.48. The zero-order valence-electron chi connectivity index (χ0n) is 14.5. The van der Waals surface area contributed by atoms with Crippen LogP contribution >= 0.6 is 23.4 Å². The zero-order chi connectivity index (χ0) is 19.3. The van der Waals surface area contributed by atoms with Crippen LogP contribution in [0.2, 0.25) is 5.02 Å². The first-order chi connectivity index (χ1) is 13.5. The molecule has 3 nitrogen and oxygen atoms in total. The van der Waals surface area contributed by atoms with E-state index in [1.807, 2.05) is 48.5 Å². The number of thioether (sulfide) groups is 1. The number of nitrogens with one attached hydrogen (secondary N) is 2. The maximum Gasteiger partial charge on any atom is 0.249 e. The fraction of sp³-hybridized carbons (Fsp3) is 0.0455. The molecule has 3 aromatic carbocycles. The predicted octanol–water partition coefficient (Wildman–Crippen LogP) is 5.89. The van der Waals surface area contributed by atoms with Crippen molar-refractivity contribution < 1.29 is 9.18 Å². The summed E-state index contributed by atoms with van der Waals surface area (Å²) in [7, 11) is 0. The molecule has 0 bridgehead atoms. The Hall–Kier alpha value is -2.76. The molecule has 1 atom stereocenters. The molecule has 1 spiro atoms. The van der Waals surface area contributed by atoms with Crippen LogP contribution in [0.5, 0.6) is 0 Å². The summed E-state index contributed by atoms with van der Waals surface area (Å²) in [6.45, 7) is 0. The van der Waals surface area contributed by atoms with Gasteiger partial charge in [-0.05, 0) is 48.0 Å². The lowest BCUT2D eigenvalue weighted by molar-refractivity contribution is -0.116. The Morgan fingerprint density at radius 2 is 1.79 bits per heavy atom. The molecular formula is C22H14ClFN2OS. The molecule has 6 heteroatoms. The van der Waals surface area contributed by atoms with Crippen LogP contribution in [-0.2, 0) is 9.54 Å². The van der Waals surface area contributed by atoms with Gasteiger partial charge in [-0.15, -0.1) is 0 Å². The summed E-state index contributed by atoms with van der Waals surface area (Å²) < 4.78 is 13.0. The van der Waals surface area contributed by atoms with Crippen molar-refractivity contribution in [2.75, 3.05) is 10.6 Å². The van der Waals surface area contributed by atoms with E-state index in [1.54, 1.807) is 12.1 Å². The first kappa shape index (κ1) is 17.3. The van der Waals surface area contributed by atoms with Crippen LogP contribution in [0.15, 0.2) is 77.7 Å². The number of hydrogen-bond donors (Lipinski definition) is 2. The molecular weight excluding hydrogens is 395 g/mol. The van der Waals surface area contributed by atoms with E-state index in [2.05, 4.69) is 10.6 Å². The largest absolute Gasteiger partial charge is 0.354 e. The van der Waals surface area contributed by atoms with E-state index in [-0.39, 0.29) is 11.7 Å². The molecule has 138 valence electrons. The van der Waals surface area contributed by atoms with Crippen molar-refractivity contribution >= 4 is 46.3 Å². The van der Waals surface area contributed by atoms with Crippen molar-refractivity contribution in [2.45, 2.75) is 9.64 Å². The standard InChI is InChI=1S/C22H14ClFN2OS/c23-14-5-3-4-13(10-14)19-12-22(16-6-1-2-7-17(16)26-21(22)27)28-20-11-15(24)8-9-18(20)25-19/h1-12,25H,(H,26,27). The second kappa shape index (κ2) is 6.40. The smallest absolute Gasteiger partial charge is 0.249 e. The van der Waals surface area contributed by atoms with Crippen molar-refractivity contribution in [3.8, 4) is 0 Å². The molecule has 0 saturated heterocycles. The summed E-state index contributed by atoms with van der Waals surface area (Å²) in [5, 5.41) is 6.93. The van der Waals surface area contributed by atoms with Gasteiger partial charge in [-0.25, -0.2) is 4.39 Å². The molecule has 2 heterocycles. The van der Waals surface area contributed by atoms with E-state index >= 15 is 0 Å². The second-order valence-corrected chi connectivity index (χ2v) is 8.40. The van der Waals surface area contributed by atoms with Crippen LogP contribution in [0.4, 0.5) is 15.8 Å². The lowest BCUT2D eigenvalue weighted by Gasteiger charge is -2.22. The maximum absolute atomic E-state index is 14.0. The lowest BCUT2D eigenvalue weighted by Crippen LogP contribution is -2.29. The first-order valence-electron chi connectivity index (χ1n) is 8.70. The average Bonchev–Trinajstić information content (AvgIpc) is 2.84. The number of rotatable bonds is 1. The summed E-state index contributed by atoms with van der Waals surface area (Å²) in [5.74, 6) is -0.502. The minimum absolute atomic E-state index is 0.155. The van der Waals surface area contributed by atoms with Crippen LogP contribution in [0, 0.1) is 5.82 Å². The third kappa shape index (κ3) is 2.70. The fourth-order valence-corrected chi connectivity index (χ4v) is 5.13. The summed E-state index contributed by atoms with van der Waals surface area (Å²) in [4.78, 5) is 13.8. The molecule has 0 fully saturated rings. The Labute approximate surface area is 170 Å². The van der Waals surface area contributed by atoms with Gasteiger partial charge in [0.1, 0.15) is 10.6 Å². The van der Waals surface area contributed by atoms with E-state index in [0.717, 1.165) is 28.2 Å². The number of benzene rings is 3. The number of hydrogen-bond acceptors (Lipinski definition) is 3. The Kier molecular flexibility index (Phi) is 3.96. The van der Waals surface area contributed by atoms with E-state index in [9.17, 15) is 9.18 Å². The van der Waals surface area contributed by atoms with E-state index in [1.165, 1.54) is 23.9 Å². The van der Waals surface area contributed by atoms with Gasteiger partial charge in [0.05, 0.1) is 5.69 Å². The number of amides is 1. The quantitative estimate of drug-likeness (QED) is 0.527. The van der Waals surface area contributed by atoms with Gasteiger partial charge in [-0.1, -0.05) is 53.7 Å². The Balaban J connectivity index is 1.78. The highest BCUT2D eigenvalue weighted by atomic mass is 35.5. The molecule has 2 aliphatic heterocycles. The Bertz CT molecular complexity index is 1160. The Morgan fingerprint density at radius 1 is 0.929 bits per heavy atom. The summed E-state index contributed by atoms with van der Waals surface area (Å²) in [6, 6.07) is 19.6. The fourth-order valence-electron chi connectivity index (χ4n) is 3.58. The summed E-state index contributed by atoms with van der Waals surface area (Å²) in [6.07, 6.45) is 1.91. The molecule has 1 unspecified atom stereocenters. The molecule has 0 aliphatic carbocycles. The summed E-state index contributed by atoms with van der Waals surface area (Å²) in [5.41, 5.74) is 3.95. The minimum atomic E-state index is -1.01. The Morgan fingerprint density at radius 3 is 2.64 bits per heavy atom. The number of halogens is 2. The molecule has 3 aromatic rings. The van der Waals surface area contributed by atoms with Gasteiger partial charge in [0.2, 0.25) is 5.91 Å². The van der Waals surface area contributed by atoms with Gasteiger partial charge < -0.3 is 10.6 Å². The molecule has 1 amide bonds. The lowest BCUT2D eigenvalue weighted by atomic mass is 9.96. The minimum Gasteiger partial charge on any atom is -0.354 e. The van der Waals surface area contributed by atoms with Crippen molar-refractivity contribution in [1.29, 1.82) is 0 Å². The molecule has 28 heavy (non-hydrogen) atoms. The van der Waals surface area contributed by atoms with Gasteiger partial charge >= 0.3 is 0 Å². The zero-order valence-corrected chi connectivity index (χ0v) is 16.1. The van der Waals surface area contributed by atoms with Crippen molar-refractivity contribution in [2.24, 2.45) is 0 Å². The monoisotopic (exact) mass is 408 g/mol. The second-order valence-electron chi connectivity index (χ2n) is 6.67. The number of fused-ring (bicyclic) bond motifs is 3. The van der Waals surface area contributed by atoms with Gasteiger partial charge in [-0.3, -0.25) is 4.79 Å². The number of carbonyl (C=O) groups excluding carboxylic acids is 1. The van der Waals surface area contributed by atoms with Crippen LogP contribution < -0.4 is 10.6 Å². The van der Waals surface area contributed by atoms with Gasteiger partial charge in [0.25, 0.3) is 0 Å². The topological polar surface area (TPSA) is 41.1 Å². The average molecular weight is 409 g/mol. The summed E-state index contributed by atoms with van der Waals surface area (Å²) >= 11 is 7.53. The number of para-hydroxylation sites is 1. The third-order valence-corrected chi connectivity index (χ3v) is 6.52. The molecule has 2 aliphatic rings. The normalized spacial score (nSPS) is 19.9. The molecule has 0 radical (unpaired) electrons. The van der Waals surface area contributed by atoms with Crippen molar-refractivity contribution in [3.05, 3.63) is 94.8 Å². The van der Waals surface area contributed by atoms with Crippen LogP contribution in [0.1, 0.15) is 11.1 Å². The highest BCUT2D eigenvalue weighted by molar-refractivity contribution is 8.01. The van der Waals surface area contributed by atoms with Gasteiger partial charge in [0, 0.05) is 26.9 Å². The van der Waals surface area contributed by atoms with E-state index < -0.39 is 4.75 Å². The van der Waals surface area contributed by atoms with E-state index in [0.29, 0.717) is 9.92 Å². The first-order valence-corrected chi connectivity index (χ1v) is 9.90. The van der Waals surface area contributed by atoms with Crippen LogP contribution in [-0.4, -0.2) is 5.91 Å². The third-order valence-electron chi connectivity index (χ3n) is 4.88. The maximum atomic E-state index is 14.0. The van der Waals surface area contributed by atoms with Crippen LogP contribution in [0.25, 0.3) is 5.70 Å². The number of carbonyl (C=O) groups is 1. The van der Waals surface area contributed by atoms with Crippen LogP contribution in [0.3, 0.4) is 0 Å². The van der Waals surface area contributed by atoms with Gasteiger partial charge in [0.15, 0.2) is 0 Å². The molecule has 2 N–H and O–H groups in total. The molecule has 0 saturated carbocycles. The van der Waals surface area contributed by atoms with Crippen molar-refractivity contribution in [3.63, 3.8) is 0 Å². The van der Waals surface area contributed by atoms with Crippen molar-refractivity contribution in [1.82, 2.24) is 0 Å². The SMILES string of the molecule is O=C1Nc2ccccc2C12C=C(c1cccc(Cl)c1)Nc1ccc(F)cc1S2. The molecule has 0 aromatic heterocycles. The highest BCUT2D eigenvalue weighted by Crippen LogP contribution is 2.54. The van der Waals surface area contributed by atoms with E-state index in [4.69, 9.17) is 11.6 Å². The number of anilines is 2.